The second-order valence-electron chi connectivity index (χ2n) is 8.66. The SMILES string of the molecule is CSCCC(=O)N1CCC2(CC1)CN(CCCN1CC[C@@H](N(C)C)C1)C(=O)O2. The molecule has 7 nitrogen and oxygen atoms in total. The van der Waals surface area contributed by atoms with Crippen molar-refractivity contribution < 1.29 is 14.3 Å². The lowest BCUT2D eigenvalue weighted by Gasteiger charge is -2.37. The summed E-state index contributed by atoms with van der Waals surface area (Å²) in [7, 11) is 4.30. The Bertz CT molecular complexity index is 552. The zero-order valence-corrected chi connectivity index (χ0v) is 18.5. The fourth-order valence-electron chi connectivity index (χ4n) is 4.56. The lowest BCUT2D eigenvalue weighted by Crippen LogP contribution is -2.48. The summed E-state index contributed by atoms with van der Waals surface area (Å²) >= 11 is 1.70. The van der Waals surface area contributed by atoms with Crippen molar-refractivity contribution in [2.45, 2.75) is 43.7 Å². The number of ether oxygens (including phenoxy) is 1. The summed E-state index contributed by atoms with van der Waals surface area (Å²) in [6.45, 7) is 6.17. The van der Waals surface area contributed by atoms with Gasteiger partial charge in [-0.15, -0.1) is 0 Å². The fourth-order valence-corrected chi connectivity index (χ4v) is 4.94. The molecule has 3 heterocycles. The van der Waals surface area contributed by atoms with Crippen LogP contribution in [0, 0.1) is 0 Å². The van der Waals surface area contributed by atoms with E-state index in [1.54, 1.807) is 11.8 Å². The largest absolute Gasteiger partial charge is 0.441 e. The lowest BCUT2D eigenvalue weighted by atomic mass is 9.91. The number of likely N-dealkylation sites (N-methyl/N-ethyl adjacent to an activating group) is 1. The number of likely N-dealkylation sites (tertiary alicyclic amines) is 2. The molecule has 0 radical (unpaired) electrons. The van der Waals surface area contributed by atoms with E-state index in [-0.39, 0.29) is 17.6 Å². The van der Waals surface area contributed by atoms with E-state index in [1.807, 2.05) is 16.1 Å². The van der Waals surface area contributed by atoms with Crippen LogP contribution >= 0.6 is 11.8 Å². The van der Waals surface area contributed by atoms with Gasteiger partial charge in [0.25, 0.3) is 0 Å². The van der Waals surface area contributed by atoms with E-state index in [1.165, 1.54) is 6.42 Å². The predicted octanol–water partition coefficient (Wildman–Crippen LogP) is 1.58. The number of carbonyl (C=O) groups excluding carboxylic acids is 2. The summed E-state index contributed by atoms with van der Waals surface area (Å²) in [5.74, 6) is 1.10. The summed E-state index contributed by atoms with van der Waals surface area (Å²) in [5, 5.41) is 0. The molecule has 0 aromatic heterocycles. The van der Waals surface area contributed by atoms with Crippen molar-refractivity contribution >= 4 is 23.8 Å². The highest BCUT2D eigenvalue weighted by atomic mass is 32.2. The van der Waals surface area contributed by atoms with Crippen LogP contribution in [0.3, 0.4) is 0 Å². The van der Waals surface area contributed by atoms with Crippen molar-refractivity contribution in [1.82, 2.24) is 19.6 Å². The Morgan fingerprint density at radius 3 is 2.64 bits per heavy atom. The van der Waals surface area contributed by atoms with Gasteiger partial charge in [0.1, 0.15) is 5.60 Å². The van der Waals surface area contributed by atoms with Crippen LogP contribution in [0.2, 0.25) is 0 Å². The first-order chi connectivity index (χ1) is 13.4. The molecule has 3 saturated heterocycles. The van der Waals surface area contributed by atoms with Crippen molar-refractivity contribution in [2.24, 2.45) is 0 Å². The molecule has 8 heteroatoms. The van der Waals surface area contributed by atoms with E-state index in [9.17, 15) is 9.59 Å². The minimum Gasteiger partial charge on any atom is -0.441 e. The molecule has 160 valence electrons. The van der Waals surface area contributed by atoms with Gasteiger partial charge in [0.05, 0.1) is 6.54 Å². The van der Waals surface area contributed by atoms with Crippen LogP contribution in [0.25, 0.3) is 0 Å². The van der Waals surface area contributed by atoms with E-state index in [4.69, 9.17) is 4.74 Å². The van der Waals surface area contributed by atoms with E-state index < -0.39 is 0 Å². The highest BCUT2D eigenvalue weighted by Gasteiger charge is 2.47. The minimum atomic E-state index is -0.378. The molecule has 3 aliphatic rings. The molecule has 1 spiro atoms. The predicted molar refractivity (Wildman–Crippen MR) is 113 cm³/mol. The summed E-state index contributed by atoms with van der Waals surface area (Å²) < 4.78 is 5.81. The molecule has 0 aliphatic carbocycles. The average Bonchev–Trinajstić information content (AvgIpc) is 3.26. The second-order valence-corrected chi connectivity index (χ2v) is 9.64. The first-order valence-corrected chi connectivity index (χ1v) is 12.0. The molecule has 3 aliphatic heterocycles. The number of hydrogen-bond acceptors (Lipinski definition) is 6. The van der Waals surface area contributed by atoms with E-state index in [0.717, 1.165) is 51.2 Å². The van der Waals surface area contributed by atoms with Crippen LogP contribution in [0.1, 0.15) is 32.1 Å². The third-order valence-electron chi connectivity index (χ3n) is 6.47. The van der Waals surface area contributed by atoms with Crippen molar-refractivity contribution in [3.8, 4) is 0 Å². The van der Waals surface area contributed by atoms with E-state index >= 15 is 0 Å². The van der Waals surface area contributed by atoms with Crippen LogP contribution < -0.4 is 0 Å². The minimum absolute atomic E-state index is 0.172. The third kappa shape index (κ3) is 5.33. The van der Waals surface area contributed by atoms with E-state index in [2.05, 4.69) is 23.9 Å². The van der Waals surface area contributed by atoms with Gasteiger partial charge in [-0.3, -0.25) is 4.79 Å². The number of hydrogen-bond donors (Lipinski definition) is 0. The van der Waals surface area contributed by atoms with Gasteiger partial charge in [0, 0.05) is 57.2 Å². The molecular weight excluding hydrogens is 376 g/mol. The van der Waals surface area contributed by atoms with Crippen LogP contribution in [-0.4, -0.2) is 115 Å². The number of rotatable bonds is 8. The van der Waals surface area contributed by atoms with Crippen molar-refractivity contribution in [1.29, 1.82) is 0 Å². The van der Waals surface area contributed by atoms with Gasteiger partial charge in [-0.05, 0) is 46.3 Å². The maximum absolute atomic E-state index is 12.4. The van der Waals surface area contributed by atoms with Gasteiger partial charge in [0.2, 0.25) is 5.91 Å². The van der Waals surface area contributed by atoms with Crippen LogP contribution in [0.15, 0.2) is 0 Å². The molecule has 28 heavy (non-hydrogen) atoms. The molecule has 2 amide bonds. The first kappa shape index (κ1) is 21.7. The van der Waals surface area contributed by atoms with Crippen LogP contribution in [0.4, 0.5) is 4.79 Å². The van der Waals surface area contributed by atoms with Gasteiger partial charge in [-0.2, -0.15) is 11.8 Å². The molecule has 0 unspecified atom stereocenters. The molecule has 0 bridgehead atoms. The van der Waals surface area contributed by atoms with Gasteiger partial charge in [-0.25, -0.2) is 4.79 Å². The van der Waals surface area contributed by atoms with Gasteiger partial charge in [0.15, 0.2) is 0 Å². The summed E-state index contributed by atoms with van der Waals surface area (Å²) in [4.78, 5) is 33.2. The van der Waals surface area contributed by atoms with Crippen molar-refractivity contribution in [2.75, 3.05) is 71.9 Å². The summed E-state index contributed by atoms with van der Waals surface area (Å²) in [6, 6.07) is 0.656. The van der Waals surface area contributed by atoms with Crippen LogP contribution in [0.5, 0.6) is 0 Å². The molecule has 0 N–H and O–H groups in total. The summed E-state index contributed by atoms with van der Waals surface area (Å²) in [6.07, 6.45) is 6.20. The van der Waals surface area contributed by atoms with Crippen LogP contribution in [-0.2, 0) is 9.53 Å². The number of amides is 2. The van der Waals surface area contributed by atoms with Gasteiger partial charge < -0.3 is 24.3 Å². The number of carbonyl (C=O) groups is 2. The Morgan fingerprint density at radius 1 is 1.25 bits per heavy atom. The Balaban J connectivity index is 1.39. The van der Waals surface area contributed by atoms with Gasteiger partial charge >= 0.3 is 6.09 Å². The Labute approximate surface area is 173 Å². The topological polar surface area (TPSA) is 56.3 Å². The average molecular weight is 413 g/mol. The third-order valence-corrected chi connectivity index (χ3v) is 7.08. The molecule has 3 rings (SSSR count). The van der Waals surface area contributed by atoms with Crippen molar-refractivity contribution in [3.05, 3.63) is 0 Å². The number of thioether (sulfide) groups is 1. The molecule has 0 saturated carbocycles. The lowest BCUT2D eigenvalue weighted by molar-refractivity contribution is -0.134. The number of nitrogens with zero attached hydrogens (tertiary/aromatic N) is 4. The smallest absolute Gasteiger partial charge is 0.410 e. The molecule has 0 aromatic carbocycles. The molecule has 3 fully saturated rings. The summed E-state index contributed by atoms with van der Waals surface area (Å²) in [5.41, 5.74) is -0.378. The Kier molecular flexibility index (Phi) is 7.50. The standard InChI is InChI=1S/C20H36N4O3S/c1-21(2)17-5-11-22(15-17)9-4-10-24-16-20(27-19(24)26)7-12-23(13-8-20)18(25)6-14-28-3/h17H,4-16H2,1-3H3/t17-/m1/s1. The number of piperidine rings is 1. The maximum Gasteiger partial charge on any atom is 0.410 e. The maximum atomic E-state index is 12.4. The van der Waals surface area contributed by atoms with Gasteiger partial charge in [-0.1, -0.05) is 0 Å². The highest BCUT2D eigenvalue weighted by molar-refractivity contribution is 7.98. The van der Waals surface area contributed by atoms with E-state index in [0.29, 0.717) is 32.1 Å². The zero-order valence-electron chi connectivity index (χ0n) is 17.7. The molecule has 1 atom stereocenters. The fraction of sp³-hybridized carbons (Fsp3) is 0.900. The normalized spacial score (nSPS) is 25.1. The molecule has 0 aromatic rings. The zero-order chi connectivity index (χ0) is 20.1. The first-order valence-electron chi connectivity index (χ1n) is 10.6. The second kappa shape index (κ2) is 9.67. The quantitative estimate of drug-likeness (QED) is 0.603. The highest BCUT2D eigenvalue weighted by Crippen LogP contribution is 2.33. The Hall–Kier alpha value is -0.990. The monoisotopic (exact) mass is 412 g/mol. The Morgan fingerprint density at radius 2 is 2.00 bits per heavy atom. The molecular formula is C20H36N4O3S. The van der Waals surface area contributed by atoms with Crippen molar-refractivity contribution in [3.63, 3.8) is 0 Å².